The summed E-state index contributed by atoms with van der Waals surface area (Å²) in [5.41, 5.74) is 4.81. The molecule has 5 nitrogen and oxygen atoms in total. The Morgan fingerprint density at radius 2 is 2.05 bits per heavy atom. The van der Waals surface area contributed by atoms with E-state index < -0.39 is 11.5 Å². The number of aliphatic carboxylic acids is 1. The van der Waals surface area contributed by atoms with Gasteiger partial charge in [0.1, 0.15) is 5.54 Å². The van der Waals surface area contributed by atoms with Crippen LogP contribution >= 0.6 is 0 Å². The van der Waals surface area contributed by atoms with Crippen molar-refractivity contribution in [3.8, 4) is 0 Å². The van der Waals surface area contributed by atoms with Gasteiger partial charge >= 0.3 is 5.97 Å². The number of hydrogen-bond acceptors (Lipinski definition) is 4. The van der Waals surface area contributed by atoms with Crippen molar-refractivity contribution in [1.29, 1.82) is 0 Å². The molecule has 1 atom stereocenters. The standard InChI is InChI=1S/C14H30N2O3/c1-5-14(15,13(17)18)7-6-8-16(9-10-19-4)11-12(2)3/h12H,5-11,15H2,1-4H3,(H,17,18). The van der Waals surface area contributed by atoms with Gasteiger partial charge in [0.05, 0.1) is 6.61 Å². The number of methoxy groups -OCH3 is 1. The second-order valence-electron chi connectivity index (χ2n) is 5.61. The summed E-state index contributed by atoms with van der Waals surface area (Å²) in [4.78, 5) is 13.4. The average molecular weight is 274 g/mol. The maximum atomic E-state index is 11.1. The molecule has 0 aliphatic rings. The Morgan fingerprint density at radius 1 is 1.42 bits per heavy atom. The molecule has 0 spiro atoms. The van der Waals surface area contributed by atoms with E-state index in [0.717, 1.165) is 26.1 Å². The van der Waals surface area contributed by atoms with Crippen molar-refractivity contribution in [3.05, 3.63) is 0 Å². The molecule has 0 heterocycles. The van der Waals surface area contributed by atoms with E-state index in [2.05, 4.69) is 18.7 Å². The number of carboxylic acids is 1. The van der Waals surface area contributed by atoms with Crippen molar-refractivity contribution in [1.82, 2.24) is 4.90 Å². The van der Waals surface area contributed by atoms with Crippen molar-refractivity contribution in [3.63, 3.8) is 0 Å². The number of carbonyl (C=O) groups is 1. The molecule has 5 heteroatoms. The van der Waals surface area contributed by atoms with Crippen LogP contribution in [0.1, 0.15) is 40.0 Å². The summed E-state index contributed by atoms with van der Waals surface area (Å²) in [6, 6.07) is 0. The molecule has 0 rings (SSSR count). The molecule has 0 aromatic rings. The predicted octanol–water partition coefficient (Wildman–Crippen LogP) is 1.56. The number of nitrogens with two attached hydrogens (primary N) is 1. The second kappa shape index (κ2) is 9.28. The number of rotatable bonds is 11. The molecule has 0 radical (unpaired) electrons. The van der Waals surface area contributed by atoms with Crippen molar-refractivity contribution in [2.45, 2.75) is 45.6 Å². The Labute approximate surface area is 117 Å². The minimum atomic E-state index is -1.08. The zero-order valence-electron chi connectivity index (χ0n) is 12.8. The van der Waals surface area contributed by atoms with Gasteiger partial charge in [0.25, 0.3) is 0 Å². The first-order valence-electron chi connectivity index (χ1n) is 7.09. The lowest BCUT2D eigenvalue weighted by molar-refractivity contribution is -0.143. The molecule has 0 saturated carbocycles. The third-order valence-corrected chi connectivity index (χ3v) is 3.39. The predicted molar refractivity (Wildman–Crippen MR) is 77.2 cm³/mol. The van der Waals surface area contributed by atoms with Crippen LogP contribution in [0, 0.1) is 5.92 Å². The van der Waals surface area contributed by atoms with E-state index in [-0.39, 0.29) is 0 Å². The van der Waals surface area contributed by atoms with E-state index in [1.165, 1.54) is 0 Å². The van der Waals surface area contributed by atoms with Crippen molar-refractivity contribution in [2.75, 3.05) is 33.4 Å². The first kappa shape index (κ1) is 18.4. The molecule has 0 fully saturated rings. The summed E-state index contributed by atoms with van der Waals surface area (Å²) in [7, 11) is 1.69. The number of carboxylic acid groups (broad SMARTS) is 1. The average Bonchev–Trinajstić information content (AvgIpc) is 2.34. The molecular weight excluding hydrogens is 244 g/mol. The first-order chi connectivity index (χ1) is 8.85. The highest BCUT2D eigenvalue weighted by Gasteiger charge is 2.31. The molecular formula is C14H30N2O3. The molecule has 0 aliphatic heterocycles. The van der Waals surface area contributed by atoms with Crippen LogP contribution in [-0.4, -0.2) is 54.9 Å². The minimum absolute atomic E-state index is 0.463. The fourth-order valence-electron chi connectivity index (χ4n) is 2.08. The van der Waals surface area contributed by atoms with Gasteiger partial charge in [-0.1, -0.05) is 20.8 Å². The van der Waals surface area contributed by atoms with Crippen LogP contribution < -0.4 is 5.73 Å². The van der Waals surface area contributed by atoms with Crippen molar-refractivity contribution < 1.29 is 14.6 Å². The van der Waals surface area contributed by atoms with Crippen LogP contribution in [0.5, 0.6) is 0 Å². The topological polar surface area (TPSA) is 75.8 Å². The van der Waals surface area contributed by atoms with E-state index in [4.69, 9.17) is 15.6 Å². The highest BCUT2D eigenvalue weighted by Crippen LogP contribution is 2.15. The zero-order chi connectivity index (χ0) is 14.9. The maximum absolute atomic E-state index is 11.1. The lowest BCUT2D eigenvalue weighted by atomic mass is 9.91. The van der Waals surface area contributed by atoms with Gasteiger partial charge in [0.2, 0.25) is 0 Å². The Morgan fingerprint density at radius 3 is 2.47 bits per heavy atom. The third kappa shape index (κ3) is 7.50. The molecule has 0 aromatic heterocycles. The van der Waals surface area contributed by atoms with Crippen LogP contribution in [-0.2, 0) is 9.53 Å². The first-order valence-corrected chi connectivity index (χ1v) is 7.09. The quantitative estimate of drug-likeness (QED) is 0.598. The van der Waals surface area contributed by atoms with Crippen LogP contribution in [0.4, 0.5) is 0 Å². The van der Waals surface area contributed by atoms with Gasteiger partial charge in [-0.05, 0) is 31.7 Å². The highest BCUT2D eigenvalue weighted by atomic mass is 16.5. The Balaban J connectivity index is 4.19. The van der Waals surface area contributed by atoms with E-state index >= 15 is 0 Å². The Bertz CT molecular complexity index is 259. The third-order valence-electron chi connectivity index (χ3n) is 3.39. The second-order valence-corrected chi connectivity index (χ2v) is 5.61. The summed E-state index contributed by atoms with van der Waals surface area (Å²) in [5.74, 6) is -0.313. The van der Waals surface area contributed by atoms with Crippen LogP contribution in [0.15, 0.2) is 0 Å². The van der Waals surface area contributed by atoms with E-state index in [0.29, 0.717) is 25.4 Å². The van der Waals surface area contributed by atoms with E-state index in [1.54, 1.807) is 7.11 Å². The summed E-state index contributed by atoms with van der Waals surface area (Å²) in [6.07, 6.45) is 1.78. The van der Waals surface area contributed by atoms with Gasteiger partial charge in [-0.15, -0.1) is 0 Å². The van der Waals surface area contributed by atoms with Gasteiger partial charge in [0.15, 0.2) is 0 Å². The normalized spacial score (nSPS) is 14.9. The fraction of sp³-hybridized carbons (Fsp3) is 0.929. The lowest BCUT2D eigenvalue weighted by Crippen LogP contribution is -2.47. The smallest absolute Gasteiger partial charge is 0.323 e. The van der Waals surface area contributed by atoms with Gasteiger partial charge < -0.3 is 20.5 Å². The molecule has 114 valence electrons. The van der Waals surface area contributed by atoms with Gasteiger partial charge in [-0.2, -0.15) is 0 Å². The maximum Gasteiger partial charge on any atom is 0.323 e. The van der Waals surface area contributed by atoms with Gasteiger partial charge in [-0.25, -0.2) is 0 Å². The molecule has 19 heavy (non-hydrogen) atoms. The highest BCUT2D eigenvalue weighted by molar-refractivity contribution is 5.78. The SMILES string of the molecule is CCC(N)(CCCN(CCOC)CC(C)C)C(=O)O. The molecule has 0 amide bonds. The zero-order valence-corrected chi connectivity index (χ0v) is 12.8. The molecule has 3 N–H and O–H groups in total. The summed E-state index contributed by atoms with van der Waals surface area (Å²) in [6.45, 7) is 9.63. The number of ether oxygens (including phenoxy) is 1. The van der Waals surface area contributed by atoms with Crippen LogP contribution in [0.2, 0.25) is 0 Å². The molecule has 0 saturated heterocycles. The number of hydrogen-bond donors (Lipinski definition) is 2. The van der Waals surface area contributed by atoms with Crippen LogP contribution in [0.3, 0.4) is 0 Å². The summed E-state index contributed by atoms with van der Waals surface area (Å²) >= 11 is 0. The van der Waals surface area contributed by atoms with Crippen LogP contribution in [0.25, 0.3) is 0 Å². The fourth-order valence-corrected chi connectivity index (χ4v) is 2.08. The Hall–Kier alpha value is -0.650. The molecule has 1 unspecified atom stereocenters. The molecule has 0 aliphatic carbocycles. The van der Waals surface area contributed by atoms with E-state index in [9.17, 15) is 4.79 Å². The monoisotopic (exact) mass is 274 g/mol. The summed E-state index contributed by atoms with van der Waals surface area (Å²) < 4.78 is 5.10. The number of nitrogens with zero attached hydrogens (tertiary/aromatic N) is 1. The van der Waals surface area contributed by atoms with Crippen molar-refractivity contribution >= 4 is 5.97 Å². The lowest BCUT2D eigenvalue weighted by Gasteiger charge is -2.27. The minimum Gasteiger partial charge on any atom is -0.480 e. The molecule has 0 bridgehead atoms. The summed E-state index contributed by atoms with van der Waals surface area (Å²) in [5, 5.41) is 9.13. The largest absolute Gasteiger partial charge is 0.480 e. The van der Waals surface area contributed by atoms with E-state index in [1.807, 2.05) is 6.92 Å². The van der Waals surface area contributed by atoms with Crippen molar-refractivity contribution in [2.24, 2.45) is 11.7 Å². The van der Waals surface area contributed by atoms with Gasteiger partial charge in [-0.3, -0.25) is 4.79 Å². The Kier molecular flexibility index (Phi) is 8.97. The molecule has 0 aromatic carbocycles. The van der Waals surface area contributed by atoms with Gasteiger partial charge in [0, 0.05) is 20.2 Å².